The largest absolute Gasteiger partial charge is 0.387 e. The van der Waals surface area contributed by atoms with Gasteiger partial charge >= 0.3 is 0 Å². The van der Waals surface area contributed by atoms with Crippen LogP contribution in [0.2, 0.25) is 0 Å². The van der Waals surface area contributed by atoms with Crippen molar-refractivity contribution in [1.29, 1.82) is 0 Å². The van der Waals surface area contributed by atoms with E-state index in [2.05, 4.69) is 19.9 Å². The molecule has 11 nitrogen and oxygen atoms in total. The molecule has 6 N–H and O–H groups in total. The number of hydrogen-bond acceptors (Lipinski definition) is 11. The zero-order chi connectivity index (χ0) is 21.5. The summed E-state index contributed by atoms with van der Waals surface area (Å²) in [6.45, 7) is 0.523. The lowest BCUT2D eigenvalue weighted by Gasteiger charge is -2.16. The smallest absolute Gasteiger partial charge is 0.181 e. The average molecular weight is 443 g/mol. The van der Waals surface area contributed by atoms with Gasteiger partial charge in [0.15, 0.2) is 22.8 Å². The number of para-hydroxylation sites is 1. The molecule has 0 unspecified atom stereocenters. The highest BCUT2D eigenvalue weighted by molar-refractivity contribution is 7.22. The third kappa shape index (κ3) is 3.58. The first-order chi connectivity index (χ1) is 15.0. The van der Waals surface area contributed by atoms with Gasteiger partial charge in [-0.15, -0.1) is 0 Å². The molecule has 162 valence electrons. The van der Waals surface area contributed by atoms with E-state index in [4.69, 9.17) is 20.9 Å². The van der Waals surface area contributed by atoms with Gasteiger partial charge in [0.2, 0.25) is 0 Å². The molecule has 1 aliphatic rings. The summed E-state index contributed by atoms with van der Waals surface area (Å²) in [6, 6.07) is 5.94. The number of aliphatic hydroxyl groups is 2. The molecule has 0 saturated carbocycles. The quantitative estimate of drug-likeness (QED) is 0.308. The Labute approximate surface area is 180 Å². The summed E-state index contributed by atoms with van der Waals surface area (Å²) in [4.78, 5) is 16.6. The Bertz CT molecular complexity index is 1230. The van der Waals surface area contributed by atoms with Crippen LogP contribution >= 0.6 is 11.3 Å². The summed E-state index contributed by atoms with van der Waals surface area (Å²) in [7, 11) is 0. The summed E-state index contributed by atoms with van der Waals surface area (Å²) < 4.78 is 14.2. The first-order valence-electron chi connectivity index (χ1n) is 9.69. The van der Waals surface area contributed by atoms with Crippen LogP contribution in [0.3, 0.4) is 0 Å². The molecule has 12 heteroatoms. The predicted octanol–water partition coefficient (Wildman–Crippen LogP) is 0.479. The number of nitrogen functional groups attached to an aromatic ring is 2. The van der Waals surface area contributed by atoms with Gasteiger partial charge in [-0.3, -0.25) is 4.57 Å². The standard InChI is InChI=1S/C19H21N7O4S/c20-16-13-17(23-7-22-16)26(8-24-13)18-15(28)14(27)10(30-18)6-29-5-4-9-2-1-3-11-12(9)25-19(21)31-11/h1-3,7-8,10,14-15,18,27-28H,4-6H2,(H2,21,25)(H2,20,22,23)/t10-,14-,15-,18-/m1/s1. The highest BCUT2D eigenvalue weighted by atomic mass is 32.1. The fourth-order valence-corrected chi connectivity index (χ4v) is 4.54. The maximum absolute atomic E-state index is 10.5. The second kappa shape index (κ2) is 7.98. The molecular weight excluding hydrogens is 422 g/mol. The molecule has 0 radical (unpaired) electrons. The summed E-state index contributed by atoms with van der Waals surface area (Å²) in [6.07, 6.45) is -0.461. The first-order valence-corrected chi connectivity index (χ1v) is 10.5. The second-order valence-electron chi connectivity index (χ2n) is 7.27. The molecular formula is C19H21N7O4S. The topological polar surface area (TPSA) is 167 Å². The monoisotopic (exact) mass is 443 g/mol. The molecule has 1 fully saturated rings. The summed E-state index contributed by atoms with van der Waals surface area (Å²) in [5, 5.41) is 21.5. The fourth-order valence-electron chi connectivity index (χ4n) is 3.76. The van der Waals surface area contributed by atoms with Crippen LogP contribution in [0.5, 0.6) is 0 Å². The van der Waals surface area contributed by atoms with E-state index in [1.165, 1.54) is 28.6 Å². The van der Waals surface area contributed by atoms with Gasteiger partial charge in [0.1, 0.15) is 30.2 Å². The third-order valence-electron chi connectivity index (χ3n) is 5.32. The minimum Gasteiger partial charge on any atom is -0.387 e. The minimum atomic E-state index is -1.17. The zero-order valence-electron chi connectivity index (χ0n) is 16.3. The van der Waals surface area contributed by atoms with Crippen molar-refractivity contribution >= 4 is 43.7 Å². The van der Waals surface area contributed by atoms with Gasteiger partial charge in [0, 0.05) is 0 Å². The number of benzene rings is 1. The number of nitrogens with zero attached hydrogens (tertiary/aromatic N) is 5. The number of hydrogen-bond donors (Lipinski definition) is 4. The van der Waals surface area contributed by atoms with E-state index in [1.54, 1.807) is 0 Å². The second-order valence-corrected chi connectivity index (χ2v) is 8.33. The molecule has 0 bridgehead atoms. The molecule has 3 aromatic heterocycles. The number of fused-ring (bicyclic) bond motifs is 2. The van der Waals surface area contributed by atoms with Crippen LogP contribution in [0.15, 0.2) is 30.9 Å². The van der Waals surface area contributed by atoms with Crippen molar-refractivity contribution < 1.29 is 19.7 Å². The molecule has 0 amide bonds. The average Bonchev–Trinajstić information content (AvgIpc) is 3.43. The highest BCUT2D eigenvalue weighted by Crippen LogP contribution is 2.32. The number of aromatic nitrogens is 5. The van der Waals surface area contributed by atoms with Crippen molar-refractivity contribution in [3.8, 4) is 0 Å². The van der Waals surface area contributed by atoms with E-state index in [0.29, 0.717) is 29.3 Å². The lowest BCUT2D eigenvalue weighted by molar-refractivity contribution is -0.0650. The van der Waals surface area contributed by atoms with E-state index >= 15 is 0 Å². The van der Waals surface area contributed by atoms with Crippen molar-refractivity contribution in [1.82, 2.24) is 24.5 Å². The maximum atomic E-state index is 10.5. The Hall–Kier alpha value is -2.90. The molecule has 4 atom stereocenters. The Morgan fingerprint density at radius 3 is 2.87 bits per heavy atom. The Kier molecular flexibility index (Phi) is 5.16. The number of rotatable bonds is 6. The van der Waals surface area contributed by atoms with Gasteiger partial charge in [0.25, 0.3) is 0 Å². The van der Waals surface area contributed by atoms with E-state index in [1.807, 2.05) is 18.2 Å². The molecule has 1 saturated heterocycles. The third-order valence-corrected chi connectivity index (χ3v) is 6.17. The molecule has 4 heterocycles. The van der Waals surface area contributed by atoms with Crippen LogP contribution in [0.4, 0.5) is 10.9 Å². The lowest BCUT2D eigenvalue weighted by Crippen LogP contribution is -2.34. The van der Waals surface area contributed by atoms with Gasteiger partial charge in [-0.2, -0.15) is 0 Å². The Balaban J connectivity index is 1.23. The summed E-state index contributed by atoms with van der Waals surface area (Å²) in [5.74, 6) is 0.230. The predicted molar refractivity (Wildman–Crippen MR) is 114 cm³/mol. The number of aliphatic hydroxyl groups excluding tert-OH is 2. The number of anilines is 2. The summed E-state index contributed by atoms with van der Waals surface area (Å²) >= 11 is 1.45. The van der Waals surface area contributed by atoms with Crippen molar-refractivity contribution in [2.45, 2.75) is 31.0 Å². The summed E-state index contributed by atoms with van der Waals surface area (Å²) in [5.41, 5.74) is 14.4. The van der Waals surface area contributed by atoms with Crippen LogP contribution in [-0.4, -0.2) is 66.2 Å². The van der Waals surface area contributed by atoms with Crippen LogP contribution < -0.4 is 11.5 Å². The molecule has 31 heavy (non-hydrogen) atoms. The van der Waals surface area contributed by atoms with Crippen LogP contribution in [0.1, 0.15) is 11.8 Å². The first kappa shape index (κ1) is 20.0. The van der Waals surface area contributed by atoms with E-state index in [0.717, 1.165) is 15.8 Å². The van der Waals surface area contributed by atoms with Gasteiger partial charge in [-0.1, -0.05) is 23.5 Å². The molecule has 4 aromatic rings. The van der Waals surface area contributed by atoms with Gasteiger partial charge in [-0.05, 0) is 18.1 Å². The Morgan fingerprint density at radius 2 is 2.00 bits per heavy atom. The minimum absolute atomic E-state index is 0.119. The highest BCUT2D eigenvalue weighted by Gasteiger charge is 2.44. The molecule has 5 rings (SSSR count). The van der Waals surface area contributed by atoms with Gasteiger partial charge in [0.05, 0.1) is 29.8 Å². The number of imidazole rings is 1. The fraction of sp³-hybridized carbons (Fsp3) is 0.368. The lowest BCUT2D eigenvalue weighted by atomic mass is 10.1. The van der Waals surface area contributed by atoms with Gasteiger partial charge < -0.3 is 31.2 Å². The van der Waals surface area contributed by atoms with Gasteiger partial charge in [-0.25, -0.2) is 19.9 Å². The Morgan fingerprint density at radius 1 is 1.13 bits per heavy atom. The van der Waals surface area contributed by atoms with E-state index in [-0.39, 0.29) is 12.4 Å². The maximum Gasteiger partial charge on any atom is 0.181 e. The van der Waals surface area contributed by atoms with Crippen molar-refractivity contribution in [2.75, 3.05) is 24.7 Å². The molecule has 0 spiro atoms. The van der Waals surface area contributed by atoms with Crippen LogP contribution in [0.25, 0.3) is 21.4 Å². The number of ether oxygens (including phenoxy) is 2. The normalized spacial score (nSPS) is 23.8. The zero-order valence-corrected chi connectivity index (χ0v) is 17.1. The number of thiazole rings is 1. The van der Waals surface area contributed by atoms with E-state index in [9.17, 15) is 10.2 Å². The van der Waals surface area contributed by atoms with E-state index < -0.39 is 24.5 Å². The molecule has 0 aliphatic carbocycles. The van der Waals surface area contributed by atoms with Crippen molar-refractivity contribution in [2.24, 2.45) is 0 Å². The van der Waals surface area contributed by atoms with Crippen molar-refractivity contribution in [3.05, 3.63) is 36.4 Å². The van der Waals surface area contributed by atoms with Crippen molar-refractivity contribution in [3.63, 3.8) is 0 Å². The van der Waals surface area contributed by atoms with Crippen LogP contribution in [0, 0.1) is 0 Å². The molecule has 1 aliphatic heterocycles. The number of nitrogens with two attached hydrogens (primary N) is 2. The molecule has 1 aromatic carbocycles. The van der Waals surface area contributed by atoms with Crippen LogP contribution in [-0.2, 0) is 15.9 Å². The SMILES string of the molecule is Nc1nc2c(CCOC[C@H]3O[C@@H](n4cnc5c(N)ncnc54)[C@H](O)[C@@H]3O)cccc2s1.